The number of rotatable bonds is 3. The van der Waals surface area contributed by atoms with Gasteiger partial charge in [-0.2, -0.15) is 0 Å². The van der Waals surface area contributed by atoms with Gasteiger partial charge in [0.15, 0.2) is 0 Å². The van der Waals surface area contributed by atoms with Crippen molar-refractivity contribution in [1.29, 1.82) is 0 Å². The van der Waals surface area contributed by atoms with Crippen molar-refractivity contribution in [3.8, 4) is 0 Å². The van der Waals surface area contributed by atoms with Gasteiger partial charge >= 0.3 is 0 Å². The first-order chi connectivity index (χ1) is 15.2. The molecule has 2 saturated heterocycles. The van der Waals surface area contributed by atoms with Gasteiger partial charge in [-0.3, -0.25) is 4.79 Å². The second-order valence-corrected chi connectivity index (χ2v) is 8.58. The van der Waals surface area contributed by atoms with Crippen molar-refractivity contribution >= 4 is 17.4 Å². The zero-order chi connectivity index (χ0) is 21.5. The molecular formula is C25H35N5O. The first kappa shape index (κ1) is 21.6. The fraction of sp³-hybridized carbons (Fsp3) is 0.520. The Hall–Kier alpha value is -2.60. The van der Waals surface area contributed by atoms with E-state index in [0.717, 1.165) is 31.7 Å². The number of nitrogens with one attached hydrogen (secondary N) is 2. The molecular weight excluding hydrogens is 386 g/mol. The predicted octanol–water partition coefficient (Wildman–Crippen LogP) is 3.02. The van der Waals surface area contributed by atoms with Crippen LogP contribution in [0.4, 0.5) is 11.5 Å². The molecule has 2 aromatic rings. The van der Waals surface area contributed by atoms with E-state index < -0.39 is 0 Å². The van der Waals surface area contributed by atoms with E-state index in [1.165, 1.54) is 68.7 Å². The molecule has 0 radical (unpaired) electrons. The zero-order valence-electron chi connectivity index (χ0n) is 18.7. The molecule has 31 heavy (non-hydrogen) atoms. The van der Waals surface area contributed by atoms with Gasteiger partial charge in [-0.1, -0.05) is 6.07 Å². The van der Waals surface area contributed by atoms with Crippen LogP contribution in [0.25, 0.3) is 0 Å². The lowest BCUT2D eigenvalue weighted by molar-refractivity contribution is 0.0963. The molecule has 0 atom stereocenters. The van der Waals surface area contributed by atoms with Crippen molar-refractivity contribution in [2.75, 3.05) is 56.1 Å². The van der Waals surface area contributed by atoms with E-state index in [4.69, 9.17) is 0 Å². The molecule has 6 nitrogen and oxygen atoms in total. The van der Waals surface area contributed by atoms with E-state index in [2.05, 4.69) is 43.6 Å². The fourth-order valence-corrected chi connectivity index (χ4v) is 4.59. The van der Waals surface area contributed by atoms with Crippen LogP contribution in [0.3, 0.4) is 0 Å². The largest absolute Gasteiger partial charge is 0.372 e. The number of aromatic nitrogens is 1. The fourth-order valence-electron chi connectivity index (χ4n) is 4.59. The Labute approximate surface area is 186 Å². The van der Waals surface area contributed by atoms with Crippen LogP contribution in [0.5, 0.6) is 0 Å². The molecule has 0 spiro atoms. The first-order valence-corrected chi connectivity index (χ1v) is 11.7. The lowest BCUT2D eigenvalue weighted by atomic mass is 10.0. The van der Waals surface area contributed by atoms with Gasteiger partial charge in [0.2, 0.25) is 0 Å². The molecule has 1 aromatic carbocycles. The molecule has 1 amide bonds. The van der Waals surface area contributed by atoms with Crippen LogP contribution in [0.1, 0.15) is 47.2 Å². The summed E-state index contributed by atoms with van der Waals surface area (Å²) in [7, 11) is 1.64. The number of carbonyl (C=O) groups excluding carboxylic acids is 1. The van der Waals surface area contributed by atoms with Crippen LogP contribution in [-0.4, -0.2) is 57.2 Å². The topological polar surface area (TPSA) is 60.5 Å². The summed E-state index contributed by atoms with van der Waals surface area (Å²) in [5.41, 5.74) is 4.91. The first-order valence-electron chi connectivity index (χ1n) is 11.7. The normalized spacial score (nSPS) is 18.1. The summed E-state index contributed by atoms with van der Waals surface area (Å²) in [4.78, 5) is 21.0. The van der Waals surface area contributed by atoms with Crippen molar-refractivity contribution in [3.63, 3.8) is 0 Å². The molecule has 3 aliphatic rings. The summed E-state index contributed by atoms with van der Waals surface area (Å²) in [5.74, 6) is 0.854. The number of pyridine rings is 1. The van der Waals surface area contributed by atoms with E-state index in [1.807, 2.05) is 12.1 Å². The SMILES string of the molecule is C1CCNC1.CNC(=O)c1ccc(N2CCc3ccc(N4CCCC4)cc3CC2)nc1. The zero-order valence-corrected chi connectivity index (χ0v) is 18.7. The quantitative estimate of drug-likeness (QED) is 0.798. The Morgan fingerprint density at radius 3 is 2.26 bits per heavy atom. The van der Waals surface area contributed by atoms with Crippen LogP contribution in [0.2, 0.25) is 0 Å². The average molecular weight is 422 g/mol. The molecule has 2 fully saturated rings. The second kappa shape index (κ2) is 10.6. The monoisotopic (exact) mass is 421 g/mol. The van der Waals surface area contributed by atoms with Gasteiger partial charge in [0, 0.05) is 45.1 Å². The van der Waals surface area contributed by atoms with Gasteiger partial charge in [0.05, 0.1) is 5.56 Å². The molecule has 0 saturated carbocycles. The third-order valence-corrected chi connectivity index (χ3v) is 6.48. The van der Waals surface area contributed by atoms with Crippen LogP contribution >= 0.6 is 0 Å². The molecule has 0 aliphatic carbocycles. The summed E-state index contributed by atoms with van der Waals surface area (Å²) >= 11 is 0. The number of amides is 1. The van der Waals surface area contributed by atoms with Gasteiger partial charge in [-0.25, -0.2) is 4.98 Å². The van der Waals surface area contributed by atoms with Crippen LogP contribution in [0.15, 0.2) is 36.5 Å². The van der Waals surface area contributed by atoms with Gasteiger partial charge < -0.3 is 20.4 Å². The number of hydrogen-bond acceptors (Lipinski definition) is 5. The summed E-state index contributed by atoms with van der Waals surface area (Å²) in [6.45, 7) is 6.80. The van der Waals surface area contributed by atoms with Crippen LogP contribution < -0.4 is 20.4 Å². The lowest BCUT2D eigenvalue weighted by Gasteiger charge is -2.21. The summed E-state index contributed by atoms with van der Waals surface area (Å²) in [5, 5.41) is 5.86. The van der Waals surface area contributed by atoms with Crippen molar-refractivity contribution in [1.82, 2.24) is 15.6 Å². The maximum atomic E-state index is 11.7. The Morgan fingerprint density at radius 1 is 0.903 bits per heavy atom. The van der Waals surface area contributed by atoms with E-state index in [9.17, 15) is 4.79 Å². The highest BCUT2D eigenvalue weighted by Crippen LogP contribution is 2.26. The van der Waals surface area contributed by atoms with Crippen LogP contribution in [0, 0.1) is 0 Å². The Balaban J connectivity index is 0.000000407. The minimum absolute atomic E-state index is 0.0956. The van der Waals surface area contributed by atoms with Crippen molar-refractivity contribution < 1.29 is 4.79 Å². The average Bonchev–Trinajstić information content (AvgIpc) is 3.54. The summed E-state index contributed by atoms with van der Waals surface area (Å²) < 4.78 is 0. The number of anilines is 2. The maximum Gasteiger partial charge on any atom is 0.252 e. The van der Waals surface area contributed by atoms with E-state index >= 15 is 0 Å². The lowest BCUT2D eigenvalue weighted by Crippen LogP contribution is -2.27. The molecule has 166 valence electrons. The smallest absolute Gasteiger partial charge is 0.252 e. The molecule has 5 rings (SSSR count). The van der Waals surface area contributed by atoms with Gasteiger partial charge in [-0.05, 0) is 87.0 Å². The number of benzene rings is 1. The highest BCUT2D eigenvalue weighted by molar-refractivity contribution is 5.93. The van der Waals surface area contributed by atoms with Crippen molar-refractivity contribution in [2.45, 2.75) is 38.5 Å². The minimum atomic E-state index is -0.0956. The van der Waals surface area contributed by atoms with Gasteiger partial charge in [-0.15, -0.1) is 0 Å². The number of hydrogen-bond donors (Lipinski definition) is 2. The second-order valence-electron chi connectivity index (χ2n) is 8.58. The summed E-state index contributed by atoms with van der Waals surface area (Å²) in [6.07, 6.45) is 9.13. The summed E-state index contributed by atoms with van der Waals surface area (Å²) in [6, 6.07) is 10.8. The van der Waals surface area contributed by atoms with Crippen molar-refractivity contribution in [2.24, 2.45) is 0 Å². The predicted molar refractivity (Wildman–Crippen MR) is 127 cm³/mol. The Morgan fingerprint density at radius 2 is 1.65 bits per heavy atom. The van der Waals surface area contributed by atoms with E-state index in [0.29, 0.717) is 5.56 Å². The maximum absolute atomic E-state index is 11.7. The number of fused-ring (bicyclic) bond motifs is 1. The van der Waals surface area contributed by atoms with Crippen molar-refractivity contribution in [3.05, 3.63) is 53.2 Å². The highest BCUT2D eigenvalue weighted by Gasteiger charge is 2.18. The van der Waals surface area contributed by atoms with Gasteiger partial charge in [0.1, 0.15) is 5.82 Å². The molecule has 6 heteroatoms. The number of nitrogens with zero attached hydrogens (tertiary/aromatic N) is 3. The molecule has 0 bridgehead atoms. The Bertz CT molecular complexity index is 849. The third-order valence-electron chi connectivity index (χ3n) is 6.48. The molecule has 3 aliphatic heterocycles. The Kier molecular flexibility index (Phi) is 7.41. The molecule has 2 N–H and O–H groups in total. The molecule has 0 unspecified atom stereocenters. The number of carbonyl (C=O) groups is 1. The van der Waals surface area contributed by atoms with E-state index in [1.54, 1.807) is 13.2 Å². The van der Waals surface area contributed by atoms with Crippen LogP contribution in [-0.2, 0) is 12.8 Å². The van der Waals surface area contributed by atoms with Gasteiger partial charge in [0.25, 0.3) is 5.91 Å². The van der Waals surface area contributed by atoms with E-state index in [-0.39, 0.29) is 5.91 Å². The molecule has 4 heterocycles. The minimum Gasteiger partial charge on any atom is -0.372 e. The highest BCUT2D eigenvalue weighted by atomic mass is 16.1. The third kappa shape index (κ3) is 5.56. The standard InChI is InChI=1S/C21H26N4O.C4H9N/c1-22-21(26)18-5-7-20(23-15-18)25-12-8-16-4-6-19(14-17(16)9-13-25)24-10-2-3-11-24;1-2-4-5-3-1/h4-7,14-15H,2-3,8-13H2,1H3,(H,22,26);5H,1-4H2. The molecule has 1 aromatic heterocycles.